The van der Waals surface area contributed by atoms with Crippen LogP contribution in [0.4, 0.5) is 11.5 Å². The monoisotopic (exact) mass is 304 g/mol. The third-order valence-electron chi connectivity index (χ3n) is 3.11. The Morgan fingerprint density at radius 2 is 1.89 bits per heavy atom. The zero-order valence-electron chi connectivity index (χ0n) is 10.9. The van der Waals surface area contributed by atoms with Crippen LogP contribution >= 0.6 is 15.9 Å². The van der Waals surface area contributed by atoms with E-state index in [0.29, 0.717) is 0 Å². The van der Waals surface area contributed by atoms with Gasteiger partial charge < -0.3 is 4.90 Å². The maximum Gasteiger partial charge on any atom is 0.132 e. The van der Waals surface area contributed by atoms with Gasteiger partial charge in [0.2, 0.25) is 0 Å². The first-order valence-electron chi connectivity index (χ1n) is 6.06. The van der Waals surface area contributed by atoms with Crippen molar-refractivity contribution in [3.8, 4) is 0 Å². The third-order valence-corrected chi connectivity index (χ3v) is 3.94. The lowest BCUT2D eigenvalue weighted by Gasteiger charge is -2.19. The topological polar surface area (TPSA) is 16.1 Å². The van der Waals surface area contributed by atoms with Gasteiger partial charge in [-0.3, -0.25) is 0 Å². The van der Waals surface area contributed by atoms with Crippen LogP contribution in [-0.2, 0) is 6.42 Å². The molecule has 0 saturated heterocycles. The molecule has 0 radical (unpaired) electrons. The minimum absolute atomic E-state index is 0.958. The van der Waals surface area contributed by atoms with E-state index < -0.39 is 0 Å². The minimum Gasteiger partial charge on any atom is -0.329 e. The van der Waals surface area contributed by atoms with Gasteiger partial charge in [0, 0.05) is 23.4 Å². The minimum atomic E-state index is 0.958. The molecule has 0 unspecified atom stereocenters. The van der Waals surface area contributed by atoms with Gasteiger partial charge in [-0.1, -0.05) is 19.1 Å². The van der Waals surface area contributed by atoms with Gasteiger partial charge in [-0.25, -0.2) is 4.98 Å². The van der Waals surface area contributed by atoms with Crippen molar-refractivity contribution in [2.45, 2.75) is 20.3 Å². The molecule has 3 heteroatoms. The van der Waals surface area contributed by atoms with E-state index in [2.05, 4.69) is 70.0 Å². The molecule has 0 N–H and O–H groups in total. The maximum absolute atomic E-state index is 4.44. The number of benzene rings is 1. The van der Waals surface area contributed by atoms with Gasteiger partial charge in [-0.15, -0.1) is 0 Å². The molecule has 0 aliphatic carbocycles. The van der Waals surface area contributed by atoms with Gasteiger partial charge in [0.05, 0.1) is 0 Å². The number of hydrogen-bond donors (Lipinski definition) is 0. The van der Waals surface area contributed by atoms with Crippen molar-refractivity contribution in [2.75, 3.05) is 11.9 Å². The fourth-order valence-corrected chi connectivity index (χ4v) is 2.01. The molecule has 0 fully saturated rings. The Balaban J connectivity index is 2.28. The number of hydrogen-bond acceptors (Lipinski definition) is 2. The van der Waals surface area contributed by atoms with Crippen molar-refractivity contribution in [1.82, 2.24) is 4.98 Å². The summed E-state index contributed by atoms with van der Waals surface area (Å²) in [6.07, 6.45) is 2.92. The highest BCUT2D eigenvalue weighted by Gasteiger charge is 2.06. The standard InChI is InChI=1S/C15H17BrN2/c1-4-12-5-7-13(8-6-12)18(3)15-9-11(2)14(16)10-17-15/h5-10H,4H2,1-3H3. The summed E-state index contributed by atoms with van der Waals surface area (Å²) in [5.41, 5.74) is 3.70. The molecule has 2 rings (SSSR count). The molecule has 1 aromatic carbocycles. The summed E-state index contributed by atoms with van der Waals surface area (Å²) in [7, 11) is 2.04. The number of rotatable bonds is 3. The van der Waals surface area contributed by atoms with Gasteiger partial charge in [0.15, 0.2) is 0 Å². The number of anilines is 2. The molecule has 2 aromatic rings. The van der Waals surface area contributed by atoms with Crippen molar-refractivity contribution in [2.24, 2.45) is 0 Å². The van der Waals surface area contributed by atoms with Crippen LogP contribution in [-0.4, -0.2) is 12.0 Å². The lowest BCUT2D eigenvalue weighted by Crippen LogP contribution is -2.11. The predicted octanol–water partition coefficient (Wildman–Crippen LogP) is 4.48. The summed E-state index contributed by atoms with van der Waals surface area (Å²) in [6.45, 7) is 4.24. The van der Waals surface area contributed by atoms with Crippen LogP contribution in [0, 0.1) is 6.92 Å². The van der Waals surface area contributed by atoms with E-state index in [9.17, 15) is 0 Å². The summed E-state index contributed by atoms with van der Waals surface area (Å²) in [5.74, 6) is 0.958. The number of aryl methyl sites for hydroxylation is 2. The lowest BCUT2D eigenvalue weighted by atomic mass is 10.1. The van der Waals surface area contributed by atoms with Gasteiger partial charge in [-0.2, -0.15) is 0 Å². The zero-order valence-corrected chi connectivity index (χ0v) is 12.5. The summed E-state index contributed by atoms with van der Waals surface area (Å²) in [6, 6.07) is 10.7. The molecule has 0 aliphatic heterocycles. The average Bonchev–Trinajstić information content (AvgIpc) is 2.41. The smallest absolute Gasteiger partial charge is 0.132 e. The fraction of sp³-hybridized carbons (Fsp3) is 0.267. The van der Waals surface area contributed by atoms with Gasteiger partial charge in [0.25, 0.3) is 0 Å². The Morgan fingerprint density at radius 1 is 1.22 bits per heavy atom. The first-order chi connectivity index (χ1) is 8.61. The normalized spacial score (nSPS) is 10.4. The zero-order chi connectivity index (χ0) is 13.1. The van der Waals surface area contributed by atoms with Crippen LogP contribution in [0.2, 0.25) is 0 Å². The van der Waals surface area contributed by atoms with E-state index in [1.54, 1.807) is 0 Å². The molecule has 0 saturated carbocycles. The number of pyridine rings is 1. The van der Waals surface area contributed by atoms with Crippen molar-refractivity contribution in [1.29, 1.82) is 0 Å². The lowest BCUT2D eigenvalue weighted by molar-refractivity contribution is 1.10. The van der Waals surface area contributed by atoms with Crippen LogP contribution in [0.25, 0.3) is 0 Å². The molecule has 18 heavy (non-hydrogen) atoms. The van der Waals surface area contributed by atoms with Crippen molar-refractivity contribution in [3.05, 3.63) is 52.1 Å². The van der Waals surface area contributed by atoms with Crippen molar-refractivity contribution in [3.63, 3.8) is 0 Å². The number of halogens is 1. The molecule has 94 valence electrons. The van der Waals surface area contributed by atoms with E-state index in [4.69, 9.17) is 0 Å². The third kappa shape index (κ3) is 2.72. The fourth-order valence-electron chi connectivity index (χ4n) is 1.80. The van der Waals surface area contributed by atoms with Crippen LogP contribution in [0.1, 0.15) is 18.1 Å². The largest absolute Gasteiger partial charge is 0.329 e. The SMILES string of the molecule is CCc1ccc(N(C)c2cc(C)c(Br)cn2)cc1. The first kappa shape index (κ1) is 13.1. The second-order valence-corrected chi connectivity index (χ2v) is 5.23. The van der Waals surface area contributed by atoms with Gasteiger partial charge in [0.1, 0.15) is 5.82 Å². The quantitative estimate of drug-likeness (QED) is 0.831. The highest BCUT2D eigenvalue weighted by atomic mass is 79.9. The molecular formula is C15H17BrN2. The van der Waals surface area contributed by atoms with E-state index in [1.807, 2.05) is 13.2 Å². The summed E-state index contributed by atoms with van der Waals surface area (Å²) < 4.78 is 1.04. The number of aromatic nitrogens is 1. The molecule has 2 nitrogen and oxygen atoms in total. The maximum atomic E-state index is 4.44. The molecule has 0 bridgehead atoms. The van der Waals surface area contributed by atoms with Crippen LogP contribution in [0.3, 0.4) is 0 Å². The van der Waals surface area contributed by atoms with Crippen LogP contribution in [0.15, 0.2) is 41.0 Å². The Labute approximate surface area is 117 Å². The van der Waals surface area contributed by atoms with Crippen LogP contribution < -0.4 is 4.90 Å². The second-order valence-electron chi connectivity index (χ2n) is 4.37. The molecule has 0 aliphatic rings. The molecule has 1 aromatic heterocycles. The van der Waals surface area contributed by atoms with E-state index in [1.165, 1.54) is 11.1 Å². The summed E-state index contributed by atoms with van der Waals surface area (Å²) >= 11 is 3.47. The molecule has 0 amide bonds. The predicted molar refractivity (Wildman–Crippen MR) is 80.6 cm³/mol. The molecule has 1 heterocycles. The highest BCUT2D eigenvalue weighted by molar-refractivity contribution is 9.10. The summed E-state index contributed by atoms with van der Waals surface area (Å²) in [5, 5.41) is 0. The van der Waals surface area contributed by atoms with Gasteiger partial charge in [-0.05, 0) is 58.6 Å². The first-order valence-corrected chi connectivity index (χ1v) is 6.86. The second kappa shape index (κ2) is 5.53. The van der Waals surface area contributed by atoms with E-state index >= 15 is 0 Å². The Hall–Kier alpha value is -1.35. The van der Waals surface area contributed by atoms with Gasteiger partial charge >= 0.3 is 0 Å². The molecular weight excluding hydrogens is 288 g/mol. The Kier molecular flexibility index (Phi) is 4.02. The highest BCUT2D eigenvalue weighted by Crippen LogP contribution is 2.25. The molecule has 0 spiro atoms. The summed E-state index contributed by atoms with van der Waals surface area (Å²) in [4.78, 5) is 6.53. The van der Waals surface area contributed by atoms with Crippen LogP contribution in [0.5, 0.6) is 0 Å². The van der Waals surface area contributed by atoms with Crippen molar-refractivity contribution < 1.29 is 0 Å². The Bertz CT molecular complexity index is 535. The Morgan fingerprint density at radius 3 is 2.44 bits per heavy atom. The molecule has 0 atom stereocenters. The number of nitrogens with zero attached hydrogens (tertiary/aromatic N) is 2. The average molecular weight is 305 g/mol. The van der Waals surface area contributed by atoms with E-state index in [0.717, 1.165) is 22.4 Å². The van der Waals surface area contributed by atoms with E-state index in [-0.39, 0.29) is 0 Å². The van der Waals surface area contributed by atoms with Crippen molar-refractivity contribution >= 4 is 27.4 Å².